The zero-order valence-electron chi connectivity index (χ0n) is 8.49. The Labute approximate surface area is 79.9 Å². The van der Waals surface area contributed by atoms with E-state index in [9.17, 15) is 0 Å². The molecular formula is C9H19N3O. The Morgan fingerprint density at radius 3 is 2.54 bits per heavy atom. The van der Waals surface area contributed by atoms with Gasteiger partial charge in [-0.1, -0.05) is 0 Å². The van der Waals surface area contributed by atoms with Crippen LogP contribution in [0, 0.1) is 0 Å². The third-order valence-corrected chi connectivity index (χ3v) is 2.12. The topological polar surface area (TPSA) is 41.7 Å². The fraction of sp³-hybridized carbons (Fsp3) is 0.778. The molecule has 0 unspecified atom stereocenters. The van der Waals surface area contributed by atoms with E-state index >= 15 is 0 Å². The Hall–Kier alpha value is -0.740. The first-order chi connectivity index (χ1) is 6.18. The van der Waals surface area contributed by atoms with Gasteiger partial charge in [-0.2, -0.15) is 0 Å². The van der Waals surface area contributed by atoms with Crippen LogP contribution >= 0.6 is 0 Å². The highest BCUT2D eigenvalue weighted by Gasteiger charge is 2.12. The van der Waals surface area contributed by atoms with Crippen LogP contribution in [0.5, 0.6) is 0 Å². The summed E-state index contributed by atoms with van der Waals surface area (Å²) in [5, 5.41) is 0. The molecule has 0 aliphatic carbocycles. The van der Waals surface area contributed by atoms with E-state index in [0.29, 0.717) is 12.4 Å². The minimum atomic E-state index is 0.655. The van der Waals surface area contributed by atoms with Gasteiger partial charge in [-0.15, -0.1) is 0 Å². The smallest absolute Gasteiger partial charge is 0.141 e. The van der Waals surface area contributed by atoms with Crippen LogP contribution < -0.4 is 5.73 Å². The summed E-state index contributed by atoms with van der Waals surface area (Å²) in [6.45, 7) is 6.87. The summed E-state index contributed by atoms with van der Waals surface area (Å²) in [7, 11) is 2.14. The minimum Gasteiger partial charge on any atom is -0.484 e. The summed E-state index contributed by atoms with van der Waals surface area (Å²) >= 11 is 0. The maximum absolute atomic E-state index is 5.44. The number of piperazine rings is 1. The van der Waals surface area contributed by atoms with E-state index in [0.717, 1.165) is 26.2 Å². The summed E-state index contributed by atoms with van der Waals surface area (Å²) in [6.07, 6.45) is 1.61. The maximum Gasteiger partial charge on any atom is 0.141 e. The second-order valence-corrected chi connectivity index (χ2v) is 3.58. The molecule has 4 heteroatoms. The fourth-order valence-electron chi connectivity index (χ4n) is 1.25. The number of likely N-dealkylation sites (N-methyl/N-ethyl adjacent to an activating group) is 1. The monoisotopic (exact) mass is 185 g/mol. The largest absolute Gasteiger partial charge is 0.484 e. The van der Waals surface area contributed by atoms with E-state index in [4.69, 9.17) is 10.5 Å². The molecule has 0 aromatic carbocycles. The standard InChI is InChI=1S/C9H19N3O/c1-9(10)7-13-8-12-5-3-11(2)4-6-12/h7H,3-6,8,10H2,1-2H3/b9-7-. The maximum atomic E-state index is 5.44. The zero-order chi connectivity index (χ0) is 9.68. The molecule has 0 bridgehead atoms. The van der Waals surface area contributed by atoms with Crippen LogP contribution in [0.4, 0.5) is 0 Å². The van der Waals surface area contributed by atoms with Crippen molar-refractivity contribution >= 4 is 0 Å². The molecule has 1 rings (SSSR count). The average Bonchev–Trinajstić information content (AvgIpc) is 2.08. The molecule has 2 N–H and O–H groups in total. The number of nitrogens with zero attached hydrogens (tertiary/aromatic N) is 2. The molecule has 0 atom stereocenters. The molecule has 4 nitrogen and oxygen atoms in total. The molecule has 1 fully saturated rings. The summed E-state index contributed by atoms with van der Waals surface area (Å²) < 4.78 is 5.29. The quantitative estimate of drug-likeness (QED) is 0.630. The number of hydrogen-bond acceptors (Lipinski definition) is 4. The highest BCUT2D eigenvalue weighted by molar-refractivity contribution is 4.84. The normalized spacial score (nSPS) is 21.8. The van der Waals surface area contributed by atoms with Crippen molar-refractivity contribution in [1.82, 2.24) is 9.80 Å². The van der Waals surface area contributed by atoms with Crippen molar-refractivity contribution in [3.05, 3.63) is 12.0 Å². The molecule has 13 heavy (non-hydrogen) atoms. The lowest BCUT2D eigenvalue weighted by molar-refractivity contribution is 0.0515. The van der Waals surface area contributed by atoms with Gasteiger partial charge < -0.3 is 15.4 Å². The van der Waals surface area contributed by atoms with E-state index in [-0.39, 0.29) is 0 Å². The fourth-order valence-corrected chi connectivity index (χ4v) is 1.25. The second-order valence-electron chi connectivity index (χ2n) is 3.58. The average molecular weight is 185 g/mol. The van der Waals surface area contributed by atoms with Crippen LogP contribution in [-0.4, -0.2) is 49.8 Å². The van der Waals surface area contributed by atoms with E-state index in [1.54, 1.807) is 6.26 Å². The Morgan fingerprint density at radius 2 is 2.00 bits per heavy atom. The van der Waals surface area contributed by atoms with Crippen molar-refractivity contribution in [3.8, 4) is 0 Å². The number of hydrogen-bond donors (Lipinski definition) is 1. The lowest BCUT2D eigenvalue weighted by Crippen LogP contribution is -2.44. The summed E-state index contributed by atoms with van der Waals surface area (Å²) in [4.78, 5) is 4.60. The first-order valence-electron chi connectivity index (χ1n) is 4.63. The van der Waals surface area contributed by atoms with Gasteiger partial charge >= 0.3 is 0 Å². The molecule has 1 aliphatic heterocycles. The van der Waals surface area contributed by atoms with Gasteiger partial charge in [0.1, 0.15) is 13.0 Å². The Bertz CT molecular complexity index is 170. The highest BCUT2D eigenvalue weighted by Crippen LogP contribution is 1.99. The van der Waals surface area contributed by atoms with Crippen molar-refractivity contribution in [2.45, 2.75) is 6.92 Å². The molecule has 0 radical (unpaired) electrons. The number of allylic oxidation sites excluding steroid dienone is 1. The molecule has 0 amide bonds. The summed E-state index contributed by atoms with van der Waals surface area (Å²) in [5.41, 5.74) is 6.16. The summed E-state index contributed by atoms with van der Waals surface area (Å²) in [5.74, 6) is 0. The van der Waals surface area contributed by atoms with Gasteiger partial charge in [0.25, 0.3) is 0 Å². The third kappa shape index (κ3) is 4.15. The predicted molar refractivity (Wildman–Crippen MR) is 53.0 cm³/mol. The van der Waals surface area contributed by atoms with Crippen LogP contribution in [0.3, 0.4) is 0 Å². The van der Waals surface area contributed by atoms with Crippen LogP contribution in [0.1, 0.15) is 6.92 Å². The van der Waals surface area contributed by atoms with Crippen molar-refractivity contribution < 1.29 is 4.74 Å². The van der Waals surface area contributed by atoms with Gasteiger partial charge in [0, 0.05) is 31.9 Å². The first-order valence-corrected chi connectivity index (χ1v) is 4.63. The van der Waals surface area contributed by atoms with Gasteiger partial charge in [-0.05, 0) is 14.0 Å². The van der Waals surface area contributed by atoms with E-state index in [1.807, 2.05) is 6.92 Å². The molecule has 0 spiro atoms. The lowest BCUT2D eigenvalue weighted by atomic mass is 10.3. The van der Waals surface area contributed by atoms with E-state index < -0.39 is 0 Å². The van der Waals surface area contributed by atoms with Crippen molar-refractivity contribution in [2.75, 3.05) is 40.0 Å². The zero-order valence-corrected chi connectivity index (χ0v) is 8.49. The highest BCUT2D eigenvalue weighted by atomic mass is 16.5. The van der Waals surface area contributed by atoms with Crippen molar-refractivity contribution in [3.63, 3.8) is 0 Å². The Kier molecular flexibility index (Phi) is 4.05. The molecule has 1 aliphatic rings. The number of ether oxygens (including phenoxy) is 1. The molecule has 0 aromatic heterocycles. The third-order valence-electron chi connectivity index (χ3n) is 2.12. The molecule has 76 valence electrons. The lowest BCUT2D eigenvalue weighted by Gasteiger charge is -2.31. The van der Waals surface area contributed by atoms with Gasteiger partial charge in [-0.25, -0.2) is 0 Å². The minimum absolute atomic E-state index is 0.655. The number of rotatable bonds is 3. The second kappa shape index (κ2) is 5.09. The van der Waals surface area contributed by atoms with E-state index in [1.165, 1.54) is 0 Å². The Balaban J connectivity index is 2.12. The van der Waals surface area contributed by atoms with Crippen molar-refractivity contribution in [1.29, 1.82) is 0 Å². The number of nitrogens with two attached hydrogens (primary N) is 1. The molecular weight excluding hydrogens is 166 g/mol. The molecule has 1 saturated heterocycles. The predicted octanol–water partition coefficient (Wildman–Crippen LogP) is 0.0279. The molecule has 0 aromatic rings. The van der Waals surface area contributed by atoms with Crippen LogP contribution in [0.25, 0.3) is 0 Å². The van der Waals surface area contributed by atoms with Crippen molar-refractivity contribution in [2.24, 2.45) is 5.73 Å². The summed E-state index contributed by atoms with van der Waals surface area (Å²) in [6, 6.07) is 0. The van der Waals surface area contributed by atoms with Crippen LogP contribution in [-0.2, 0) is 4.74 Å². The Morgan fingerprint density at radius 1 is 1.38 bits per heavy atom. The van der Waals surface area contributed by atoms with Gasteiger partial charge in [0.05, 0.1) is 0 Å². The van der Waals surface area contributed by atoms with Gasteiger partial charge in [0.2, 0.25) is 0 Å². The van der Waals surface area contributed by atoms with E-state index in [2.05, 4.69) is 16.8 Å². The molecule has 1 heterocycles. The first kappa shape index (κ1) is 10.3. The van der Waals surface area contributed by atoms with Crippen LogP contribution in [0.15, 0.2) is 12.0 Å². The van der Waals surface area contributed by atoms with Gasteiger partial charge in [-0.3, -0.25) is 4.90 Å². The van der Waals surface area contributed by atoms with Crippen LogP contribution in [0.2, 0.25) is 0 Å². The SMILES string of the molecule is C/C(N)=C/OCN1CCN(C)CC1. The molecule has 0 saturated carbocycles. The van der Waals surface area contributed by atoms with Gasteiger partial charge in [0.15, 0.2) is 0 Å².